The van der Waals surface area contributed by atoms with Gasteiger partial charge in [0.15, 0.2) is 0 Å². The summed E-state index contributed by atoms with van der Waals surface area (Å²) < 4.78 is 0. The molecule has 1 saturated heterocycles. The molecule has 2 aliphatic rings. The highest BCUT2D eigenvalue weighted by Crippen LogP contribution is 2.18. The predicted molar refractivity (Wildman–Crippen MR) is 63.2 cm³/mol. The number of rotatable bonds is 5. The molecule has 0 bridgehead atoms. The fraction of sp³-hybridized carbons (Fsp3) is 0.818. The zero-order valence-electron chi connectivity index (χ0n) is 10.2. The molecule has 1 heterocycles. The Morgan fingerprint density at radius 3 is 2.59 bits per heavy atom. The zero-order chi connectivity index (χ0) is 12.4. The van der Waals surface area contributed by atoms with Crippen molar-refractivity contribution in [1.29, 1.82) is 0 Å². The molecule has 96 valence electrons. The van der Waals surface area contributed by atoms with Crippen molar-refractivity contribution in [1.82, 2.24) is 15.1 Å². The van der Waals surface area contributed by atoms with Gasteiger partial charge in [0.25, 0.3) is 0 Å². The van der Waals surface area contributed by atoms with E-state index in [9.17, 15) is 9.59 Å². The Kier molecular flexibility index (Phi) is 3.63. The molecular formula is C11H20N4O2. The van der Waals surface area contributed by atoms with E-state index in [1.54, 1.807) is 7.05 Å². The van der Waals surface area contributed by atoms with Gasteiger partial charge in [-0.15, -0.1) is 0 Å². The maximum absolute atomic E-state index is 11.8. The largest absolute Gasteiger partial charge is 0.352 e. The van der Waals surface area contributed by atoms with Crippen molar-refractivity contribution in [2.45, 2.75) is 24.9 Å². The van der Waals surface area contributed by atoms with Crippen molar-refractivity contribution < 1.29 is 9.59 Å². The summed E-state index contributed by atoms with van der Waals surface area (Å²) in [6.07, 6.45) is 2.13. The van der Waals surface area contributed by atoms with Crippen LogP contribution < -0.4 is 11.1 Å². The van der Waals surface area contributed by atoms with Gasteiger partial charge >= 0.3 is 0 Å². The Hall–Kier alpha value is -1.14. The third-order valence-corrected chi connectivity index (χ3v) is 3.09. The lowest BCUT2D eigenvalue weighted by Gasteiger charge is -2.36. The minimum absolute atomic E-state index is 0.0251. The minimum atomic E-state index is -0.0661. The Labute approximate surface area is 101 Å². The molecular weight excluding hydrogens is 220 g/mol. The van der Waals surface area contributed by atoms with Crippen LogP contribution in [-0.4, -0.2) is 66.9 Å². The van der Waals surface area contributed by atoms with E-state index in [0.717, 1.165) is 25.9 Å². The fourth-order valence-corrected chi connectivity index (χ4v) is 1.86. The van der Waals surface area contributed by atoms with Crippen LogP contribution in [0.25, 0.3) is 0 Å². The second-order valence-electron chi connectivity index (χ2n) is 5.05. The lowest BCUT2D eigenvalue weighted by atomic mass is 10.1. The number of hydrogen-bond acceptors (Lipinski definition) is 4. The number of likely N-dealkylation sites (tertiary alicyclic amines) is 1. The number of carbonyl (C=O) groups is 2. The van der Waals surface area contributed by atoms with E-state index in [-0.39, 0.29) is 24.4 Å². The average molecular weight is 240 g/mol. The maximum Gasteiger partial charge on any atom is 0.239 e. The maximum atomic E-state index is 11.8. The van der Waals surface area contributed by atoms with E-state index in [4.69, 9.17) is 5.73 Å². The summed E-state index contributed by atoms with van der Waals surface area (Å²) in [6.45, 7) is 2.05. The summed E-state index contributed by atoms with van der Waals surface area (Å²) in [5.74, 6) is -0.0912. The Morgan fingerprint density at radius 2 is 2.06 bits per heavy atom. The number of amides is 2. The van der Waals surface area contributed by atoms with Gasteiger partial charge < -0.3 is 16.0 Å². The monoisotopic (exact) mass is 240 g/mol. The highest BCUT2D eigenvalue weighted by molar-refractivity contribution is 5.85. The van der Waals surface area contributed by atoms with E-state index >= 15 is 0 Å². The van der Waals surface area contributed by atoms with Crippen LogP contribution in [0.4, 0.5) is 0 Å². The predicted octanol–water partition coefficient (Wildman–Crippen LogP) is -1.63. The summed E-state index contributed by atoms with van der Waals surface area (Å²) >= 11 is 0. The van der Waals surface area contributed by atoms with Gasteiger partial charge in [-0.3, -0.25) is 14.5 Å². The molecule has 2 fully saturated rings. The van der Waals surface area contributed by atoms with Gasteiger partial charge in [0.2, 0.25) is 11.8 Å². The first kappa shape index (κ1) is 12.3. The molecule has 0 radical (unpaired) electrons. The lowest BCUT2D eigenvalue weighted by molar-refractivity contribution is -0.136. The smallest absolute Gasteiger partial charge is 0.239 e. The van der Waals surface area contributed by atoms with E-state index in [1.807, 2.05) is 4.90 Å². The van der Waals surface area contributed by atoms with Crippen LogP contribution in [0.1, 0.15) is 12.8 Å². The van der Waals surface area contributed by atoms with Crippen LogP contribution in [0, 0.1) is 0 Å². The molecule has 0 unspecified atom stereocenters. The molecule has 0 spiro atoms. The molecule has 1 saturated carbocycles. The van der Waals surface area contributed by atoms with Gasteiger partial charge in [-0.1, -0.05) is 0 Å². The van der Waals surface area contributed by atoms with Crippen LogP contribution >= 0.6 is 0 Å². The van der Waals surface area contributed by atoms with Crippen molar-refractivity contribution >= 4 is 11.8 Å². The first-order valence-electron chi connectivity index (χ1n) is 6.06. The number of nitrogens with one attached hydrogen (secondary N) is 1. The molecule has 0 aromatic rings. The first-order chi connectivity index (χ1) is 8.04. The zero-order valence-corrected chi connectivity index (χ0v) is 10.2. The molecule has 0 aromatic heterocycles. The first-order valence-corrected chi connectivity index (χ1v) is 6.06. The van der Waals surface area contributed by atoms with Crippen LogP contribution in [0.15, 0.2) is 0 Å². The van der Waals surface area contributed by atoms with Crippen LogP contribution in [-0.2, 0) is 9.59 Å². The normalized spacial score (nSPS) is 20.8. The van der Waals surface area contributed by atoms with Gasteiger partial charge in [0.05, 0.1) is 13.1 Å². The van der Waals surface area contributed by atoms with Gasteiger partial charge in [-0.05, 0) is 12.8 Å². The molecule has 0 aromatic carbocycles. The molecule has 1 aliphatic heterocycles. The highest BCUT2D eigenvalue weighted by Gasteiger charge is 2.27. The average Bonchev–Trinajstić information content (AvgIpc) is 2.98. The summed E-state index contributed by atoms with van der Waals surface area (Å²) in [5.41, 5.74) is 5.63. The van der Waals surface area contributed by atoms with Crippen molar-refractivity contribution in [3.05, 3.63) is 0 Å². The fourth-order valence-electron chi connectivity index (χ4n) is 1.86. The molecule has 0 atom stereocenters. The molecule has 6 nitrogen and oxygen atoms in total. The topological polar surface area (TPSA) is 78.7 Å². The molecule has 1 aliphatic carbocycles. The highest BCUT2D eigenvalue weighted by atomic mass is 16.2. The second kappa shape index (κ2) is 5.01. The van der Waals surface area contributed by atoms with E-state index < -0.39 is 0 Å². The van der Waals surface area contributed by atoms with E-state index in [2.05, 4.69) is 5.32 Å². The van der Waals surface area contributed by atoms with Crippen LogP contribution in [0.2, 0.25) is 0 Å². The van der Waals surface area contributed by atoms with Crippen molar-refractivity contribution in [2.75, 3.05) is 33.2 Å². The van der Waals surface area contributed by atoms with Gasteiger partial charge in [-0.2, -0.15) is 0 Å². The summed E-state index contributed by atoms with van der Waals surface area (Å²) in [4.78, 5) is 26.7. The third-order valence-electron chi connectivity index (χ3n) is 3.09. The molecule has 6 heteroatoms. The Morgan fingerprint density at radius 1 is 1.41 bits per heavy atom. The van der Waals surface area contributed by atoms with Crippen molar-refractivity contribution in [3.8, 4) is 0 Å². The van der Waals surface area contributed by atoms with Gasteiger partial charge in [-0.25, -0.2) is 0 Å². The molecule has 3 N–H and O–H groups in total. The molecule has 2 rings (SSSR count). The lowest BCUT2D eigenvalue weighted by Crippen LogP contribution is -2.58. The minimum Gasteiger partial charge on any atom is -0.352 e. The van der Waals surface area contributed by atoms with Gasteiger partial charge in [0.1, 0.15) is 0 Å². The van der Waals surface area contributed by atoms with E-state index in [0.29, 0.717) is 12.6 Å². The quantitative estimate of drug-likeness (QED) is 0.604. The van der Waals surface area contributed by atoms with Crippen LogP contribution in [0.3, 0.4) is 0 Å². The van der Waals surface area contributed by atoms with Crippen molar-refractivity contribution in [2.24, 2.45) is 5.73 Å². The standard InChI is InChI=1S/C11H20N4O2/c1-14(6-10(16)13-9-2-3-9)11(17)7-15-4-8(12)5-15/h8-9H,2-7,12H2,1H3,(H,13,16). The summed E-state index contributed by atoms with van der Waals surface area (Å²) in [6, 6.07) is 0.547. The van der Waals surface area contributed by atoms with E-state index in [1.165, 1.54) is 4.90 Å². The van der Waals surface area contributed by atoms with Gasteiger partial charge in [0, 0.05) is 32.2 Å². The number of nitrogens with two attached hydrogens (primary N) is 1. The Balaban J connectivity index is 1.65. The third kappa shape index (κ3) is 3.67. The molecule has 17 heavy (non-hydrogen) atoms. The van der Waals surface area contributed by atoms with Crippen molar-refractivity contribution in [3.63, 3.8) is 0 Å². The van der Waals surface area contributed by atoms with Crippen LogP contribution in [0.5, 0.6) is 0 Å². The number of nitrogens with zero attached hydrogens (tertiary/aromatic N) is 2. The SMILES string of the molecule is CN(CC(=O)NC1CC1)C(=O)CN1CC(N)C1. The summed E-state index contributed by atoms with van der Waals surface area (Å²) in [7, 11) is 1.66. The summed E-state index contributed by atoms with van der Waals surface area (Å²) in [5, 5.41) is 2.86. The number of hydrogen-bond donors (Lipinski definition) is 2. The molecule has 2 amide bonds. The second-order valence-corrected chi connectivity index (χ2v) is 5.05. The Bertz CT molecular complexity index is 311. The number of likely N-dealkylation sites (N-methyl/N-ethyl adjacent to an activating group) is 1. The number of carbonyl (C=O) groups excluding carboxylic acids is 2.